The van der Waals surface area contributed by atoms with Gasteiger partial charge in [-0.25, -0.2) is 0 Å². The summed E-state index contributed by atoms with van der Waals surface area (Å²) in [4.78, 5) is 0. The van der Waals surface area contributed by atoms with E-state index in [1.54, 1.807) is 0 Å². The van der Waals surface area contributed by atoms with Gasteiger partial charge in [0.15, 0.2) is 0 Å². The topological polar surface area (TPSA) is 12.0 Å². The van der Waals surface area contributed by atoms with Crippen LogP contribution in [0.2, 0.25) is 0 Å². The Kier molecular flexibility index (Phi) is 3.85. The molecule has 1 N–H and O–H groups in total. The summed E-state index contributed by atoms with van der Waals surface area (Å²) in [7, 11) is 0. The number of hydrogen-bond donors (Lipinski definition) is 1. The first-order chi connectivity index (χ1) is 6.24. The van der Waals surface area contributed by atoms with Crippen molar-refractivity contribution in [2.75, 3.05) is 11.9 Å². The number of anilines is 1. The zero-order chi connectivity index (χ0) is 9.68. The molecule has 0 aliphatic carbocycles. The molecular weight excluding hydrogens is 226 g/mol. The van der Waals surface area contributed by atoms with Gasteiger partial charge in [-0.05, 0) is 47.5 Å². The van der Waals surface area contributed by atoms with Crippen molar-refractivity contribution in [2.45, 2.75) is 13.8 Å². The van der Waals surface area contributed by atoms with Crippen LogP contribution in [-0.4, -0.2) is 6.54 Å². The number of hydrogen-bond acceptors (Lipinski definition) is 1. The second-order valence-corrected chi connectivity index (χ2v) is 3.62. The third-order valence-electron chi connectivity index (χ3n) is 1.67. The molecule has 0 atom stereocenters. The summed E-state index contributed by atoms with van der Waals surface area (Å²) in [6, 6.07) is 6.21. The molecule has 0 saturated heterocycles. The quantitative estimate of drug-likeness (QED) is 0.780. The molecule has 0 radical (unpaired) electrons. The summed E-state index contributed by atoms with van der Waals surface area (Å²) in [5.41, 5.74) is 2.35. The fourth-order valence-corrected chi connectivity index (χ4v) is 1.39. The predicted octanol–water partition coefficient (Wildman–Crippen LogP) is 3.19. The highest BCUT2D eigenvalue weighted by molar-refractivity contribution is 9.10. The molecule has 0 bridgehead atoms. The first-order valence-electron chi connectivity index (χ1n) is 4.13. The SMILES string of the molecule is CC#CCNc1cc(C)ccc1Br. The number of halogens is 1. The minimum Gasteiger partial charge on any atom is -0.373 e. The van der Waals surface area contributed by atoms with Crippen molar-refractivity contribution >= 4 is 21.6 Å². The minimum absolute atomic E-state index is 0.693. The fourth-order valence-electron chi connectivity index (χ4n) is 1.00. The van der Waals surface area contributed by atoms with E-state index in [4.69, 9.17) is 0 Å². The zero-order valence-corrected chi connectivity index (χ0v) is 9.40. The van der Waals surface area contributed by atoms with Gasteiger partial charge in [0.05, 0.1) is 6.54 Å². The average Bonchev–Trinajstić information content (AvgIpc) is 2.11. The zero-order valence-electron chi connectivity index (χ0n) is 7.82. The van der Waals surface area contributed by atoms with Gasteiger partial charge in [0.1, 0.15) is 0 Å². The lowest BCUT2D eigenvalue weighted by atomic mass is 10.2. The highest BCUT2D eigenvalue weighted by atomic mass is 79.9. The molecule has 1 nitrogen and oxygen atoms in total. The normalized spacial score (nSPS) is 8.85. The Morgan fingerprint density at radius 2 is 2.23 bits per heavy atom. The van der Waals surface area contributed by atoms with Crippen LogP contribution in [0.25, 0.3) is 0 Å². The fraction of sp³-hybridized carbons (Fsp3) is 0.273. The number of aryl methyl sites for hydroxylation is 1. The van der Waals surface area contributed by atoms with E-state index in [0.29, 0.717) is 6.54 Å². The van der Waals surface area contributed by atoms with Crippen molar-refractivity contribution in [3.63, 3.8) is 0 Å². The van der Waals surface area contributed by atoms with Crippen LogP contribution in [-0.2, 0) is 0 Å². The van der Waals surface area contributed by atoms with Crippen molar-refractivity contribution in [3.05, 3.63) is 28.2 Å². The second-order valence-electron chi connectivity index (χ2n) is 2.76. The Morgan fingerprint density at radius 3 is 2.92 bits per heavy atom. The summed E-state index contributed by atoms with van der Waals surface area (Å²) >= 11 is 3.47. The molecule has 0 spiro atoms. The van der Waals surface area contributed by atoms with Gasteiger partial charge in [-0.2, -0.15) is 0 Å². The van der Waals surface area contributed by atoms with Crippen molar-refractivity contribution in [1.29, 1.82) is 0 Å². The Balaban J connectivity index is 2.73. The van der Waals surface area contributed by atoms with Gasteiger partial charge >= 0.3 is 0 Å². The van der Waals surface area contributed by atoms with Crippen molar-refractivity contribution in [1.82, 2.24) is 0 Å². The lowest BCUT2D eigenvalue weighted by Crippen LogP contribution is -1.99. The third kappa shape index (κ3) is 3.12. The Hall–Kier alpha value is -0.940. The Labute approximate surface area is 87.7 Å². The van der Waals surface area contributed by atoms with E-state index < -0.39 is 0 Å². The molecule has 0 aliphatic heterocycles. The van der Waals surface area contributed by atoms with Crippen LogP contribution >= 0.6 is 15.9 Å². The van der Waals surface area contributed by atoms with Crippen LogP contribution in [0.4, 0.5) is 5.69 Å². The molecule has 1 rings (SSSR count). The molecule has 1 aromatic rings. The monoisotopic (exact) mass is 237 g/mol. The van der Waals surface area contributed by atoms with E-state index in [1.807, 2.05) is 13.0 Å². The Bertz CT molecular complexity index is 347. The summed E-state index contributed by atoms with van der Waals surface area (Å²) in [6.45, 7) is 4.61. The first kappa shape index (κ1) is 10.1. The molecule has 68 valence electrons. The van der Waals surface area contributed by atoms with Gasteiger partial charge in [-0.1, -0.05) is 12.0 Å². The van der Waals surface area contributed by atoms with E-state index in [1.165, 1.54) is 5.56 Å². The number of rotatable bonds is 2. The molecule has 0 heterocycles. The van der Waals surface area contributed by atoms with Gasteiger partial charge in [0.25, 0.3) is 0 Å². The number of benzene rings is 1. The van der Waals surface area contributed by atoms with Gasteiger partial charge in [-0.3, -0.25) is 0 Å². The van der Waals surface area contributed by atoms with E-state index >= 15 is 0 Å². The highest BCUT2D eigenvalue weighted by Gasteiger charge is 1.96. The van der Waals surface area contributed by atoms with Crippen LogP contribution in [0.5, 0.6) is 0 Å². The van der Waals surface area contributed by atoms with Gasteiger partial charge < -0.3 is 5.32 Å². The van der Waals surface area contributed by atoms with Crippen molar-refractivity contribution in [2.24, 2.45) is 0 Å². The van der Waals surface area contributed by atoms with E-state index in [0.717, 1.165) is 10.2 Å². The third-order valence-corrected chi connectivity index (χ3v) is 2.36. The summed E-state index contributed by atoms with van der Waals surface area (Å²) < 4.78 is 1.08. The maximum Gasteiger partial charge on any atom is 0.0766 e. The largest absolute Gasteiger partial charge is 0.373 e. The standard InChI is InChI=1S/C11H12BrN/c1-3-4-7-13-11-8-9(2)5-6-10(11)12/h5-6,8,13H,7H2,1-2H3. The predicted molar refractivity (Wildman–Crippen MR) is 60.8 cm³/mol. The van der Waals surface area contributed by atoms with Crippen LogP contribution in [0.3, 0.4) is 0 Å². The van der Waals surface area contributed by atoms with Crippen LogP contribution in [0.15, 0.2) is 22.7 Å². The maximum atomic E-state index is 3.47. The van der Waals surface area contributed by atoms with Gasteiger partial charge in [0, 0.05) is 10.2 Å². The molecule has 0 saturated carbocycles. The van der Waals surface area contributed by atoms with Crippen molar-refractivity contribution < 1.29 is 0 Å². The second kappa shape index (κ2) is 4.94. The van der Waals surface area contributed by atoms with Crippen LogP contribution in [0, 0.1) is 18.8 Å². The smallest absolute Gasteiger partial charge is 0.0766 e. The molecule has 0 fully saturated rings. The average molecular weight is 238 g/mol. The maximum absolute atomic E-state index is 3.47. The van der Waals surface area contributed by atoms with E-state index in [2.05, 4.69) is 52.1 Å². The summed E-state index contributed by atoms with van der Waals surface area (Å²) in [5, 5.41) is 3.23. The first-order valence-corrected chi connectivity index (χ1v) is 4.93. The van der Waals surface area contributed by atoms with Gasteiger partial charge in [0.2, 0.25) is 0 Å². The molecule has 0 aromatic heterocycles. The minimum atomic E-state index is 0.693. The lowest BCUT2D eigenvalue weighted by molar-refractivity contribution is 1.34. The van der Waals surface area contributed by atoms with E-state index in [9.17, 15) is 0 Å². The van der Waals surface area contributed by atoms with Crippen LogP contribution < -0.4 is 5.32 Å². The number of nitrogens with one attached hydrogen (secondary N) is 1. The lowest BCUT2D eigenvalue weighted by Gasteiger charge is -2.05. The molecule has 0 amide bonds. The van der Waals surface area contributed by atoms with Gasteiger partial charge in [-0.15, -0.1) is 5.92 Å². The molecule has 0 unspecified atom stereocenters. The summed E-state index contributed by atoms with van der Waals surface area (Å²) in [6.07, 6.45) is 0. The molecule has 2 heteroatoms. The van der Waals surface area contributed by atoms with Crippen molar-refractivity contribution in [3.8, 4) is 11.8 Å². The molecular formula is C11H12BrN. The van der Waals surface area contributed by atoms with Crippen LogP contribution in [0.1, 0.15) is 12.5 Å². The molecule has 13 heavy (non-hydrogen) atoms. The van der Waals surface area contributed by atoms with E-state index in [-0.39, 0.29) is 0 Å². The highest BCUT2D eigenvalue weighted by Crippen LogP contribution is 2.22. The Morgan fingerprint density at radius 1 is 1.46 bits per heavy atom. The molecule has 0 aliphatic rings. The molecule has 1 aromatic carbocycles. The summed E-state index contributed by atoms with van der Waals surface area (Å²) in [5.74, 6) is 5.81.